The van der Waals surface area contributed by atoms with Crippen LogP contribution in [-0.4, -0.2) is 18.7 Å². The molecule has 3 aromatic rings. The second-order valence-electron chi connectivity index (χ2n) is 6.65. The van der Waals surface area contributed by atoms with Gasteiger partial charge >= 0.3 is 0 Å². The molecule has 5 nitrogen and oxygen atoms in total. The Hall–Kier alpha value is -2.64. The van der Waals surface area contributed by atoms with Crippen molar-refractivity contribution in [1.82, 2.24) is 5.43 Å². The van der Waals surface area contributed by atoms with Gasteiger partial charge in [-0.15, -0.1) is 0 Å². The fraction of sp³-hybridized carbons (Fsp3) is 0.167. The number of carbonyl (C=O) groups is 1. The number of hydrogen-bond acceptors (Lipinski definition) is 4. The summed E-state index contributed by atoms with van der Waals surface area (Å²) >= 11 is 7.02. The van der Waals surface area contributed by atoms with E-state index >= 15 is 0 Å². The number of hydrazone groups is 1. The maximum absolute atomic E-state index is 12.4. The predicted octanol–water partition coefficient (Wildman–Crippen LogP) is 6.34. The summed E-state index contributed by atoms with van der Waals surface area (Å²) in [4.78, 5) is 12.4. The lowest BCUT2D eigenvalue weighted by atomic mass is 10.2. The molecule has 0 bridgehead atoms. The summed E-state index contributed by atoms with van der Waals surface area (Å²) in [6.45, 7) is 3.11. The van der Waals surface area contributed by atoms with Crippen molar-refractivity contribution < 1.29 is 14.3 Å². The highest BCUT2D eigenvalue weighted by atomic mass is 79.9. The second kappa shape index (κ2) is 11.7. The lowest BCUT2D eigenvalue weighted by Gasteiger charge is -2.12. The van der Waals surface area contributed by atoms with Gasteiger partial charge in [0.15, 0.2) is 0 Å². The molecular formula is C24H22Br2N2O3. The number of amides is 1. The number of carbonyl (C=O) groups excluding carboxylic acids is 1. The molecule has 0 unspecified atom stereocenters. The van der Waals surface area contributed by atoms with Crippen LogP contribution < -0.4 is 14.9 Å². The summed E-state index contributed by atoms with van der Waals surface area (Å²) in [5, 5.41) is 4.11. The molecule has 7 heteroatoms. The van der Waals surface area contributed by atoms with Crippen LogP contribution in [0.3, 0.4) is 0 Å². The first-order valence-electron chi connectivity index (χ1n) is 9.79. The molecular weight excluding hydrogens is 524 g/mol. The standard InChI is InChI=1S/C24H22Br2N2O3/c1-2-12-30-21-10-8-18(9-11-21)24(29)28-27-15-19-13-20(25)14-22(26)23(19)31-16-17-6-4-3-5-7-17/h3-11,13-15H,2,12,16H2,1H3,(H,28,29)/b27-15+. The zero-order valence-corrected chi connectivity index (χ0v) is 20.1. The van der Waals surface area contributed by atoms with Crippen molar-refractivity contribution in [3.8, 4) is 11.5 Å². The molecule has 1 amide bonds. The van der Waals surface area contributed by atoms with Crippen LogP contribution in [-0.2, 0) is 6.61 Å². The number of ether oxygens (including phenoxy) is 2. The molecule has 31 heavy (non-hydrogen) atoms. The number of nitrogens with one attached hydrogen (secondary N) is 1. The van der Waals surface area contributed by atoms with E-state index in [1.54, 1.807) is 30.5 Å². The van der Waals surface area contributed by atoms with Gasteiger partial charge in [-0.3, -0.25) is 4.79 Å². The van der Waals surface area contributed by atoms with Crippen LogP contribution >= 0.6 is 31.9 Å². The Kier molecular flexibility index (Phi) is 8.67. The molecule has 1 N–H and O–H groups in total. The Morgan fingerprint density at radius 3 is 2.48 bits per heavy atom. The Balaban J connectivity index is 1.67. The Labute approximate surface area is 198 Å². The van der Waals surface area contributed by atoms with E-state index in [-0.39, 0.29) is 5.91 Å². The topological polar surface area (TPSA) is 59.9 Å². The van der Waals surface area contributed by atoms with Gasteiger partial charge in [-0.05, 0) is 64.3 Å². The van der Waals surface area contributed by atoms with Crippen LogP contribution in [0.1, 0.15) is 34.8 Å². The zero-order chi connectivity index (χ0) is 22.1. The summed E-state index contributed by atoms with van der Waals surface area (Å²) in [6, 6.07) is 20.6. The zero-order valence-electron chi connectivity index (χ0n) is 17.0. The third kappa shape index (κ3) is 6.94. The quantitative estimate of drug-likeness (QED) is 0.252. The van der Waals surface area contributed by atoms with E-state index < -0.39 is 0 Å². The largest absolute Gasteiger partial charge is 0.494 e. The fourth-order valence-corrected chi connectivity index (χ4v) is 4.08. The monoisotopic (exact) mass is 544 g/mol. The number of rotatable bonds is 9. The van der Waals surface area contributed by atoms with E-state index in [1.165, 1.54) is 0 Å². The van der Waals surface area contributed by atoms with Crippen LogP contribution in [0.25, 0.3) is 0 Å². The van der Waals surface area contributed by atoms with E-state index in [0.29, 0.717) is 24.5 Å². The number of hydrogen-bond donors (Lipinski definition) is 1. The number of nitrogens with zero attached hydrogens (tertiary/aromatic N) is 1. The van der Waals surface area contributed by atoms with Gasteiger partial charge in [0.25, 0.3) is 5.91 Å². The molecule has 0 aliphatic carbocycles. The molecule has 0 aliphatic heterocycles. The Bertz CT molecular complexity index is 1040. The van der Waals surface area contributed by atoms with Crippen LogP contribution in [0.15, 0.2) is 80.8 Å². The average molecular weight is 546 g/mol. The third-order valence-electron chi connectivity index (χ3n) is 4.22. The maximum atomic E-state index is 12.4. The van der Waals surface area contributed by atoms with Crippen molar-refractivity contribution in [2.45, 2.75) is 20.0 Å². The van der Waals surface area contributed by atoms with Gasteiger partial charge in [0.1, 0.15) is 18.1 Å². The van der Waals surface area contributed by atoms with Crippen LogP contribution in [0.4, 0.5) is 0 Å². The first-order valence-corrected chi connectivity index (χ1v) is 11.4. The molecule has 0 fully saturated rings. The van der Waals surface area contributed by atoms with Gasteiger partial charge in [-0.2, -0.15) is 5.10 Å². The van der Waals surface area contributed by atoms with Crippen LogP contribution in [0, 0.1) is 0 Å². The lowest BCUT2D eigenvalue weighted by Crippen LogP contribution is -2.17. The molecule has 0 spiro atoms. The highest BCUT2D eigenvalue weighted by Crippen LogP contribution is 2.32. The highest BCUT2D eigenvalue weighted by molar-refractivity contribution is 9.11. The molecule has 3 rings (SSSR count). The van der Waals surface area contributed by atoms with Crippen molar-refractivity contribution in [2.75, 3.05) is 6.61 Å². The van der Waals surface area contributed by atoms with Gasteiger partial charge in [0.2, 0.25) is 0 Å². The number of benzene rings is 3. The molecule has 0 heterocycles. The average Bonchev–Trinajstić information content (AvgIpc) is 2.78. The molecule has 0 aliphatic rings. The fourth-order valence-electron chi connectivity index (χ4n) is 2.71. The Morgan fingerprint density at radius 2 is 1.77 bits per heavy atom. The van der Waals surface area contributed by atoms with E-state index in [4.69, 9.17) is 9.47 Å². The molecule has 0 aromatic heterocycles. The molecule has 0 radical (unpaired) electrons. The van der Waals surface area contributed by atoms with Crippen molar-refractivity contribution in [1.29, 1.82) is 0 Å². The van der Waals surface area contributed by atoms with Gasteiger partial charge in [0, 0.05) is 15.6 Å². The van der Waals surface area contributed by atoms with Gasteiger partial charge in [-0.1, -0.05) is 53.2 Å². The highest BCUT2D eigenvalue weighted by Gasteiger charge is 2.10. The van der Waals surface area contributed by atoms with E-state index in [9.17, 15) is 4.79 Å². The first-order chi connectivity index (χ1) is 15.1. The van der Waals surface area contributed by atoms with Crippen molar-refractivity contribution in [3.05, 3.63) is 92.4 Å². The maximum Gasteiger partial charge on any atom is 0.271 e. The van der Waals surface area contributed by atoms with E-state index in [2.05, 4.69) is 42.4 Å². The van der Waals surface area contributed by atoms with Crippen molar-refractivity contribution >= 4 is 44.0 Å². The molecule has 0 atom stereocenters. The SMILES string of the molecule is CCCOc1ccc(C(=O)N/N=C/c2cc(Br)cc(Br)c2OCc2ccccc2)cc1. The van der Waals surface area contributed by atoms with Crippen LogP contribution in [0.5, 0.6) is 11.5 Å². The summed E-state index contributed by atoms with van der Waals surface area (Å²) in [7, 11) is 0. The third-order valence-corrected chi connectivity index (χ3v) is 5.27. The number of halogens is 2. The summed E-state index contributed by atoms with van der Waals surface area (Å²) in [6.07, 6.45) is 2.49. The van der Waals surface area contributed by atoms with Crippen molar-refractivity contribution in [2.24, 2.45) is 5.10 Å². The predicted molar refractivity (Wildman–Crippen MR) is 130 cm³/mol. The first kappa shape index (κ1) is 23.0. The van der Waals surface area contributed by atoms with Gasteiger partial charge < -0.3 is 9.47 Å². The summed E-state index contributed by atoms with van der Waals surface area (Å²) in [5.41, 5.74) is 4.83. The smallest absolute Gasteiger partial charge is 0.271 e. The van der Waals surface area contributed by atoms with Gasteiger partial charge in [0.05, 0.1) is 17.3 Å². The molecule has 160 valence electrons. The molecule has 0 saturated heterocycles. The minimum atomic E-state index is -0.306. The normalized spacial score (nSPS) is 10.8. The summed E-state index contributed by atoms with van der Waals surface area (Å²) < 4.78 is 13.2. The Morgan fingerprint density at radius 1 is 1.03 bits per heavy atom. The minimum Gasteiger partial charge on any atom is -0.494 e. The van der Waals surface area contributed by atoms with E-state index in [1.807, 2.05) is 49.4 Å². The molecule has 0 saturated carbocycles. The van der Waals surface area contributed by atoms with E-state index in [0.717, 1.165) is 32.2 Å². The van der Waals surface area contributed by atoms with Crippen molar-refractivity contribution in [3.63, 3.8) is 0 Å². The summed E-state index contributed by atoms with van der Waals surface area (Å²) in [5.74, 6) is 1.07. The molecule has 3 aromatic carbocycles. The van der Waals surface area contributed by atoms with Crippen LogP contribution in [0.2, 0.25) is 0 Å². The lowest BCUT2D eigenvalue weighted by molar-refractivity contribution is 0.0955. The minimum absolute atomic E-state index is 0.306. The second-order valence-corrected chi connectivity index (χ2v) is 8.42. The van der Waals surface area contributed by atoms with Gasteiger partial charge in [-0.25, -0.2) is 5.43 Å².